The summed E-state index contributed by atoms with van der Waals surface area (Å²) in [6.07, 6.45) is 2.29. The van der Waals surface area contributed by atoms with Crippen LogP contribution in [0.25, 0.3) is 0 Å². The maximum atomic E-state index is 5.59. The van der Waals surface area contributed by atoms with E-state index < -0.39 is 0 Å². The molecule has 0 fully saturated rings. The van der Waals surface area contributed by atoms with Gasteiger partial charge in [-0.25, -0.2) is 0 Å². The van der Waals surface area contributed by atoms with Crippen LogP contribution in [0.4, 0.5) is 0 Å². The normalized spacial score (nSPS) is 11.2. The van der Waals surface area contributed by atoms with E-state index >= 15 is 0 Å². The molecule has 0 aliphatic rings. The second-order valence-electron chi connectivity index (χ2n) is 5.66. The molecule has 0 radical (unpaired) electrons. The van der Waals surface area contributed by atoms with Gasteiger partial charge in [-0.05, 0) is 31.0 Å². The lowest BCUT2D eigenvalue weighted by Crippen LogP contribution is -2.19. The number of nitrogens with zero attached hydrogens (tertiary/aromatic N) is 1. The van der Waals surface area contributed by atoms with Crippen LogP contribution in [0.15, 0.2) is 18.2 Å². The number of rotatable bonds is 12. The Hall–Kier alpha value is -0.970. The van der Waals surface area contributed by atoms with Gasteiger partial charge in [0.15, 0.2) is 0 Å². The summed E-state index contributed by atoms with van der Waals surface area (Å²) in [6, 6.07) is 6.09. The molecular weight excluding hydrogens is 264 g/mol. The molecule has 0 aliphatic carbocycles. The summed E-state index contributed by atoms with van der Waals surface area (Å²) < 4.78 is 11.0. The van der Waals surface area contributed by atoms with Gasteiger partial charge in [-0.3, -0.25) is 4.98 Å². The van der Waals surface area contributed by atoms with Gasteiger partial charge in [0.1, 0.15) is 0 Å². The highest BCUT2D eigenvalue weighted by Gasteiger charge is 2.00. The summed E-state index contributed by atoms with van der Waals surface area (Å²) in [4.78, 5) is 4.59. The van der Waals surface area contributed by atoms with Gasteiger partial charge in [0.05, 0.1) is 31.2 Å². The summed E-state index contributed by atoms with van der Waals surface area (Å²) in [6.45, 7) is 11.1. The first kappa shape index (κ1) is 18.1. The van der Waals surface area contributed by atoms with E-state index in [1.54, 1.807) is 0 Å². The van der Waals surface area contributed by atoms with Crippen molar-refractivity contribution in [1.29, 1.82) is 0 Å². The maximum Gasteiger partial charge on any atom is 0.0889 e. The molecule has 1 N–H and O–H groups in total. The van der Waals surface area contributed by atoms with Crippen LogP contribution in [0.1, 0.15) is 45.0 Å². The lowest BCUT2D eigenvalue weighted by molar-refractivity contribution is 0.0385. The smallest absolute Gasteiger partial charge is 0.0889 e. The number of hydrogen-bond donors (Lipinski definition) is 1. The third kappa shape index (κ3) is 9.56. The Kier molecular flexibility index (Phi) is 10.0. The Morgan fingerprint density at radius 1 is 1.10 bits per heavy atom. The van der Waals surface area contributed by atoms with Crippen LogP contribution < -0.4 is 5.32 Å². The van der Waals surface area contributed by atoms with Crippen LogP contribution in [0.5, 0.6) is 0 Å². The molecule has 4 heteroatoms. The molecule has 0 unspecified atom stereocenters. The van der Waals surface area contributed by atoms with E-state index in [2.05, 4.69) is 31.1 Å². The van der Waals surface area contributed by atoms with E-state index in [0.717, 1.165) is 37.5 Å². The number of ether oxygens (including phenoxy) is 2. The second-order valence-corrected chi connectivity index (χ2v) is 5.66. The molecule has 1 rings (SSSR count). The minimum absolute atomic E-state index is 0.551. The average Bonchev–Trinajstić information content (AvgIpc) is 2.46. The molecule has 21 heavy (non-hydrogen) atoms. The van der Waals surface area contributed by atoms with E-state index in [1.807, 2.05) is 18.2 Å². The van der Waals surface area contributed by atoms with Crippen LogP contribution in [-0.2, 0) is 22.6 Å². The van der Waals surface area contributed by atoms with Crippen molar-refractivity contribution >= 4 is 0 Å². The molecule has 0 saturated heterocycles. The Bertz CT molecular complexity index is 370. The van der Waals surface area contributed by atoms with E-state index in [4.69, 9.17) is 9.47 Å². The Labute approximate surface area is 129 Å². The number of hydrogen-bond acceptors (Lipinski definition) is 4. The lowest BCUT2D eigenvalue weighted by atomic mass is 10.2. The van der Waals surface area contributed by atoms with Gasteiger partial charge in [0, 0.05) is 13.2 Å². The molecule has 4 nitrogen and oxygen atoms in total. The van der Waals surface area contributed by atoms with Gasteiger partial charge in [-0.15, -0.1) is 0 Å². The Balaban J connectivity index is 2.17. The molecule has 1 aromatic heterocycles. The zero-order chi connectivity index (χ0) is 15.3. The molecule has 1 heterocycles. The fourth-order valence-corrected chi connectivity index (χ4v) is 1.84. The van der Waals surface area contributed by atoms with Crippen LogP contribution in [-0.4, -0.2) is 31.3 Å². The maximum absolute atomic E-state index is 5.59. The molecule has 0 aliphatic heterocycles. The topological polar surface area (TPSA) is 43.4 Å². The highest BCUT2D eigenvalue weighted by Crippen LogP contribution is 2.02. The molecule has 0 amide bonds. The van der Waals surface area contributed by atoms with Crippen molar-refractivity contribution in [3.05, 3.63) is 29.6 Å². The van der Waals surface area contributed by atoms with Gasteiger partial charge in [0.25, 0.3) is 0 Å². The SMILES string of the molecule is CCCCOCCOCc1cccc(CNCC(C)C)n1. The highest BCUT2D eigenvalue weighted by atomic mass is 16.5. The molecular formula is C17H30N2O2. The number of pyridine rings is 1. The first-order chi connectivity index (χ1) is 10.2. The summed E-state index contributed by atoms with van der Waals surface area (Å²) in [7, 11) is 0. The van der Waals surface area contributed by atoms with Gasteiger partial charge >= 0.3 is 0 Å². The van der Waals surface area contributed by atoms with Crippen LogP contribution in [0.2, 0.25) is 0 Å². The molecule has 0 bridgehead atoms. The monoisotopic (exact) mass is 294 g/mol. The minimum atomic E-state index is 0.551. The first-order valence-corrected chi connectivity index (χ1v) is 8.03. The van der Waals surface area contributed by atoms with Crippen molar-refractivity contribution < 1.29 is 9.47 Å². The zero-order valence-electron chi connectivity index (χ0n) is 13.7. The molecule has 0 spiro atoms. The van der Waals surface area contributed by atoms with Crippen molar-refractivity contribution in [2.24, 2.45) is 5.92 Å². The minimum Gasteiger partial charge on any atom is -0.379 e. The Morgan fingerprint density at radius 2 is 1.86 bits per heavy atom. The Morgan fingerprint density at radius 3 is 2.62 bits per heavy atom. The van der Waals surface area contributed by atoms with E-state index in [-0.39, 0.29) is 0 Å². The molecule has 120 valence electrons. The number of unbranched alkanes of at least 4 members (excludes halogenated alkanes) is 1. The summed E-state index contributed by atoms with van der Waals surface area (Å²) in [5.41, 5.74) is 2.04. The summed E-state index contributed by atoms with van der Waals surface area (Å²) in [5.74, 6) is 0.657. The van der Waals surface area contributed by atoms with Gasteiger partial charge < -0.3 is 14.8 Å². The van der Waals surface area contributed by atoms with Crippen molar-refractivity contribution in [2.45, 2.75) is 46.8 Å². The fraction of sp³-hybridized carbons (Fsp3) is 0.706. The number of nitrogens with one attached hydrogen (secondary N) is 1. The highest BCUT2D eigenvalue weighted by molar-refractivity contribution is 5.10. The third-order valence-corrected chi connectivity index (χ3v) is 2.99. The molecule has 1 aromatic rings. The fourth-order valence-electron chi connectivity index (χ4n) is 1.84. The van der Waals surface area contributed by atoms with Crippen molar-refractivity contribution in [1.82, 2.24) is 10.3 Å². The van der Waals surface area contributed by atoms with Crippen LogP contribution in [0.3, 0.4) is 0 Å². The summed E-state index contributed by atoms with van der Waals surface area (Å²) >= 11 is 0. The van der Waals surface area contributed by atoms with Gasteiger partial charge in [-0.1, -0.05) is 33.3 Å². The van der Waals surface area contributed by atoms with E-state index in [9.17, 15) is 0 Å². The van der Waals surface area contributed by atoms with Gasteiger partial charge in [0.2, 0.25) is 0 Å². The van der Waals surface area contributed by atoms with E-state index in [0.29, 0.717) is 25.7 Å². The largest absolute Gasteiger partial charge is 0.379 e. The standard InChI is InChI=1S/C17H30N2O2/c1-4-5-9-20-10-11-21-14-17-8-6-7-16(19-17)13-18-12-15(2)3/h6-8,15,18H,4-5,9-14H2,1-3H3. The number of aromatic nitrogens is 1. The quantitative estimate of drug-likeness (QED) is 0.601. The van der Waals surface area contributed by atoms with Gasteiger partial charge in [-0.2, -0.15) is 0 Å². The zero-order valence-corrected chi connectivity index (χ0v) is 13.7. The second kappa shape index (κ2) is 11.7. The molecule has 0 saturated carbocycles. The lowest BCUT2D eigenvalue weighted by Gasteiger charge is -2.09. The molecule has 0 aromatic carbocycles. The predicted octanol–water partition coefficient (Wildman–Crippen LogP) is 3.16. The van der Waals surface area contributed by atoms with Crippen LogP contribution in [0, 0.1) is 5.92 Å². The third-order valence-electron chi connectivity index (χ3n) is 2.99. The van der Waals surface area contributed by atoms with Crippen molar-refractivity contribution in [3.63, 3.8) is 0 Å². The van der Waals surface area contributed by atoms with Crippen molar-refractivity contribution in [2.75, 3.05) is 26.4 Å². The van der Waals surface area contributed by atoms with E-state index in [1.165, 1.54) is 6.42 Å². The van der Waals surface area contributed by atoms with Crippen molar-refractivity contribution in [3.8, 4) is 0 Å². The van der Waals surface area contributed by atoms with Crippen LogP contribution >= 0.6 is 0 Å². The predicted molar refractivity (Wildman–Crippen MR) is 86.2 cm³/mol. The summed E-state index contributed by atoms with van der Waals surface area (Å²) in [5, 5.41) is 3.40. The molecule has 0 atom stereocenters. The average molecular weight is 294 g/mol. The first-order valence-electron chi connectivity index (χ1n) is 8.03.